The van der Waals surface area contributed by atoms with Crippen LogP contribution >= 0.6 is 5.69 Å². The van der Waals surface area contributed by atoms with Crippen LogP contribution < -0.4 is 9.79 Å². The minimum atomic E-state index is -3.53. The molecule has 0 aromatic heterocycles. The Morgan fingerprint density at radius 3 is 1.33 bits per heavy atom. The van der Waals surface area contributed by atoms with Gasteiger partial charge < -0.3 is 27.7 Å². The van der Waals surface area contributed by atoms with Crippen LogP contribution in [-0.4, -0.2) is 10.5 Å². The normalized spacial score (nSPS) is 12.5. The van der Waals surface area contributed by atoms with Crippen LogP contribution in [0.15, 0.2) is 0 Å². The fourth-order valence-electron chi connectivity index (χ4n) is 1.06. The molecule has 0 spiro atoms. The number of hydrogen-bond acceptors (Lipinski definition) is 3. The summed E-state index contributed by atoms with van der Waals surface area (Å²) in [7, 11) is -0.630. The molecule has 0 heterocycles. The first kappa shape index (κ1) is 16.0. The maximum absolute atomic E-state index is 11.1. The van der Waals surface area contributed by atoms with Crippen molar-refractivity contribution in [2.24, 2.45) is 0 Å². The average Bonchev–Trinajstić information content (AvgIpc) is 1.54. The third-order valence-electron chi connectivity index (χ3n) is 1.22. The standard InChI is InChI=1S/C6H14O2PS2.Cu/c1-5(2)11(6(3)4)9(7,8)10;/h5-6H,1-4H3;/q-3;+3. The summed E-state index contributed by atoms with van der Waals surface area (Å²) in [4.78, 5) is 22.1. The molecule has 0 amide bonds. The van der Waals surface area contributed by atoms with Crippen LogP contribution in [0.3, 0.4) is 0 Å². The van der Waals surface area contributed by atoms with E-state index in [1.165, 1.54) is 0 Å². The Kier molecular flexibility index (Phi) is 8.18. The first-order valence-electron chi connectivity index (χ1n) is 3.51. The van der Waals surface area contributed by atoms with Gasteiger partial charge in [-0.25, -0.2) is 10.1 Å². The topological polar surface area (TPSA) is 46.1 Å². The largest absolute Gasteiger partial charge is 3.00 e. The van der Waals surface area contributed by atoms with Crippen LogP contribution in [0, 0.1) is 0 Å². The molecule has 0 saturated carbocycles. The molecule has 6 heteroatoms. The third kappa shape index (κ3) is 5.33. The molecule has 0 atom stereocenters. The Hall–Kier alpha value is 1.57. The van der Waals surface area contributed by atoms with Crippen molar-refractivity contribution in [1.82, 2.24) is 0 Å². The molecule has 0 unspecified atom stereocenters. The molecular weight excluding hydrogens is 263 g/mol. The van der Waals surface area contributed by atoms with Crippen LogP contribution in [0.2, 0.25) is 0 Å². The molecule has 0 aliphatic rings. The van der Waals surface area contributed by atoms with Gasteiger partial charge in [-0.15, -0.1) is 0 Å². The zero-order chi connectivity index (χ0) is 9.23. The molecule has 0 aromatic rings. The van der Waals surface area contributed by atoms with Crippen molar-refractivity contribution in [3.05, 3.63) is 0 Å². The van der Waals surface area contributed by atoms with Crippen molar-refractivity contribution in [2.75, 3.05) is 0 Å². The summed E-state index contributed by atoms with van der Waals surface area (Å²) in [5.74, 6) is 0. The molecule has 2 nitrogen and oxygen atoms in total. The molecule has 0 fully saturated rings. The fraction of sp³-hybridized carbons (Fsp3) is 1.00. The Labute approximate surface area is 92.9 Å². The molecule has 0 saturated heterocycles. The van der Waals surface area contributed by atoms with Crippen molar-refractivity contribution in [2.45, 2.75) is 38.2 Å². The van der Waals surface area contributed by atoms with Gasteiger partial charge in [-0.1, -0.05) is 27.7 Å². The third-order valence-corrected chi connectivity index (χ3v) is 9.30. The van der Waals surface area contributed by atoms with E-state index < -0.39 is 15.8 Å². The first-order valence-corrected chi connectivity index (χ1v) is 8.11. The van der Waals surface area contributed by atoms with Crippen molar-refractivity contribution < 1.29 is 26.9 Å². The van der Waals surface area contributed by atoms with Gasteiger partial charge in [0.1, 0.15) is 0 Å². The van der Waals surface area contributed by atoms with E-state index in [1.54, 1.807) is 0 Å². The van der Waals surface area contributed by atoms with Crippen molar-refractivity contribution in [3.8, 4) is 0 Å². The van der Waals surface area contributed by atoms with E-state index in [9.17, 15) is 9.79 Å². The van der Waals surface area contributed by atoms with Crippen LogP contribution in [0.4, 0.5) is 0 Å². The van der Waals surface area contributed by atoms with Crippen molar-refractivity contribution in [3.63, 3.8) is 0 Å². The van der Waals surface area contributed by atoms with Crippen LogP contribution in [0.5, 0.6) is 0 Å². The van der Waals surface area contributed by atoms with E-state index in [2.05, 4.69) is 12.2 Å². The predicted molar refractivity (Wildman–Crippen MR) is 51.9 cm³/mol. The summed E-state index contributed by atoms with van der Waals surface area (Å²) in [6.07, 6.45) is 0. The van der Waals surface area contributed by atoms with Gasteiger partial charge in [0, 0.05) is 0 Å². The van der Waals surface area contributed by atoms with E-state index in [1.807, 2.05) is 27.7 Å². The van der Waals surface area contributed by atoms with Gasteiger partial charge in [0.25, 0.3) is 0 Å². The Bertz CT molecular complexity index is 170. The first-order chi connectivity index (χ1) is 4.76. The predicted octanol–water partition coefficient (Wildman–Crippen LogP) is 0.364. The minimum Gasteiger partial charge on any atom is -0.854 e. The number of hydrogen-bond donors (Lipinski definition) is 0. The molecule has 0 radical (unpaired) electrons. The van der Waals surface area contributed by atoms with E-state index >= 15 is 0 Å². The molecular formula is C6H14CuO2PS2. The molecule has 12 heavy (non-hydrogen) atoms. The molecule has 0 N–H and O–H groups in total. The zero-order valence-corrected chi connectivity index (χ0v) is 11.0. The fourth-order valence-corrected chi connectivity index (χ4v) is 9.38. The van der Waals surface area contributed by atoms with Gasteiger partial charge in [0.15, 0.2) is 0 Å². The zero-order valence-electron chi connectivity index (χ0n) is 7.54. The Morgan fingerprint density at radius 1 is 1.08 bits per heavy atom. The minimum absolute atomic E-state index is 0. The van der Waals surface area contributed by atoms with Gasteiger partial charge in [-0.3, -0.25) is 0 Å². The second-order valence-electron chi connectivity index (χ2n) is 2.89. The summed E-state index contributed by atoms with van der Waals surface area (Å²) in [5, 5.41) is 0.298. The monoisotopic (exact) mass is 276 g/mol. The van der Waals surface area contributed by atoms with Crippen molar-refractivity contribution >= 4 is 28.0 Å². The average molecular weight is 277 g/mol. The van der Waals surface area contributed by atoms with Gasteiger partial charge >= 0.3 is 17.1 Å². The van der Waals surface area contributed by atoms with Crippen LogP contribution in [0.25, 0.3) is 0 Å². The smallest absolute Gasteiger partial charge is 0.854 e. The molecule has 0 aliphatic carbocycles. The summed E-state index contributed by atoms with van der Waals surface area (Å²) >= 11 is 4.47. The molecule has 0 aromatic carbocycles. The summed E-state index contributed by atoms with van der Waals surface area (Å²) in [6.45, 7) is 7.61. The molecule has 78 valence electrons. The summed E-state index contributed by atoms with van der Waals surface area (Å²) in [6, 6.07) is 0. The van der Waals surface area contributed by atoms with E-state index in [0.717, 1.165) is 0 Å². The van der Waals surface area contributed by atoms with Crippen molar-refractivity contribution in [1.29, 1.82) is 0 Å². The van der Waals surface area contributed by atoms with Crippen LogP contribution in [-0.2, 0) is 39.4 Å². The van der Waals surface area contributed by atoms with Crippen LogP contribution in [0.1, 0.15) is 27.7 Å². The maximum atomic E-state index is 11.1. The Balaban J connectivity index is 0. The summed E-state index contributed by atoms with van der Waals surface area (Å²) < 4.78 is 0. The second-order valence-corrected chi connectivity index (χ2v) is 11.2. The van der Waals surface area contributed by atoms with Gasteiger partial charge in [-0.05, 0) is 10.5 Å². The maximum Gasteiger partial charge on any atom is 3.00 e. The SMILES string of the molecule is CC(C)S(C(C)C)=P([O-])([O-])[S-].[Cu+3]. The molecule has 0 aliphatic heterocycles. The van der Waals surface area contributed by atoms with E-state index in [-0.39, 0.29) is 27.6 Å². The quantitative estimate of drug-likeness (QED) is 0.416. The molecule has 0 rings (SSSR count). The van der Waals surface area contributed by atoms with E-state index in [4.69, 9.17) is 0 Å². The van der Waals surface area contributed by atoms with Gasteiger partial charge in [0.2, 0.25) is 0 Å². The van der Waals surface area contributed by atoms with Gasteiger partial charge in [-0.2, -0.15) is 0 Å². The Morgan fingerprint density at radius 2 is 1.33 bits per heavy atom. The number of rotatable bonds is 2. The molecule has 0 bridgehead atoms. The summed E-state index contributed by atoms with van der Waals surface area (Å²) in [5.41, 5.74) is -3.53. The van der Waals surface area contributed by atoms with Gasteiger partial charge in [0.05, 0.1) is 0 Å². The van der Waals surface area contributed by atoms with E-state index in [0.29, 0.717) is 0 Å². The second kappa shape index (κ2) is 6.13.